The number of hydrogen-bond acceptors (Lipinski definition) is 8. The Kier molecular flexibility index (Phi) is 4.26. The van der Waals surface area contributed by atoms with E-state index in [0.29, 0.717) is 0 Å². The van der Waals surface area contributed by atoms with Gasteiger partial charge in [-0.3, -0.25) is 19.9 Å². The Balaban J connectivity index is 2.07. The zero-order chi connectivity index (χ0) is 18.4. The fourth-order valence-electron chi connectivity index (χ4n) is 2.42. The maximum absolute atomic E-state index is 14.4. The molecule has 3 atom stereocenters. The molecule has 3 heterocycles. The Morgan fingerprint density at radius 3 is 2.92 bits per heavy atom. The van der Waals surface area contributed by atoms with Crippen molar-refractivity contribution in [3.8, 4) is 0 Å². The van der Waals surface area contributed by atoms with Gasteiger partial charge >= 0.3 is 0 Å². The standard InChI is InChI=1S/C13H17FN6O5/c1-5(2)10(22)16-12-15-9-7(11(23)17-12)18-19-20(9)13(24)4-25-6(3-21)8(13)14/h5-6,8,21,24H,3-4H2,1-2H3,(H2,15,16,17,22,23)/t6-,8-,13+/m1/s1. The van der Waals surface area contributed by atoms with Gasteiger partial charge in [0.15, 0.2) is 17.3 Å². The predicted molar refractivity (Wildman–Crippen MR) is 81.3 cm³/mol. The third-order valence-corrected chi connectivity index (χ3v) is 3.90. The lowest BCUT2D eigenvalue weighted by molar-refractivity contribution is -0.118. The lowest BCUT2D eigenvalue weighted by atomic mass is 10.1. The average molecular weight is 356 g/mol. The van der Waals surface area contributed by atoms with Crippen LogP contribution in [-0.4, -0.2) is 66.6 Å². The highest BCUT2D eigenvalue weighted by Gasteiger charge is 2.52. The molecule has 1 aliphatic heterocycles. The highest BCUT2D eigenvalue weighted by molar-refractivity contribution is 5.90. The zero-order valence-corrected chi connectivity index (χ0v) is 13.4. The topological polar surface area (TPSA) is 155 Å². The van der Waals surface area contributed by atoms with Gasteiger partial charge < -0.3 is 14.9 Å². The maximum Gasteiger partial charge on any atom is 0.282 e. The first kappa shape index (κ1) is 17.4. The van der Waals surface area contributed by atoms with Crippen molar-refractivity contribution in [3.63, 3.8) is 0 Å². The molecular weight excluding hydrogens is 339 g/mol. The number of nitrogens with zero attached hydrogens (tertiary/aromatic N) is 4. The smallest absolute Gasteiger partial charge is 0.282 e. The fraction of sp³-hybridized carbons (Fsp3) is 0.615. The van der Waals surface area contributed by atoms with Crippen molar-refractivity contribution in [1.29, 1.82) is 0 Å². The Morgan fingerprint density at radius 2 is 2.32 bits per heavy atom. The summed E-state index contributed by atoms with van der Waals surface area (Å²) in [6.45, 7) is 2.15. The molecule has 0 aliphatic carbocycles. The number of hydrogen-bond donors (Lipinski definition) is 4. The molecule has 0 bridgehead atoms. The van der Waals surface area contributed by atoms with Gasteiger partial charge in [0.25, 0.3) is 5.56 Å². The number of aromatic nitrogens is 5. The number of anilines is 1. The molecule has 2 aromatic rings. The molecule has 4 N–H and O–H groups in total. The highest BCUT2D eigenvalue weighted by atomic mass is 19.1. The van der Waals surface area contributed by atoms with Gasteiger partial charge in [0, 0.05) is 5.92 Å². The summed E-state index contributed by atoms with van der Waals surface area (Å²) in [7, 11) is 0. The Bertz CT molecular complexity index is 866. The van der Waals surface area contributed by atoms with E-state index in [1.165, 1.54) is 0 Å². The molecule has 1 saturated heterocycles. The third-order valence-electron chi connectivity index (χ3n) is 3.90. The molecule has 11 nitrogen and oxygen atoms in total. The van der Waals surface area contributed by atoms with E-state index in [-0.39, 0.29) is 23.0 Å². The summed E-state index contributed by atoms with van der Waals surface area (Å²) in [6.07, 6.45) is -3.26. The van der Waals surface area contributed by atoms with Crippen LogP contribution in [0.4, 0.5) is 10.3 Å². The van der Waals surface area contributed by atoms with Crippen LogP contribution in [0.1, 0.15) is 13.8 Å². The highest BCUT2D eigenvalue weighted by Crippen LogP contribution is 2.32. The number of nitrogens with one attached hydrogen (secondary N) is 2. The van der Waals surface area contributed by atoms with Crippen LogP contribution >= 0.6 is 0 Å². The number of aliphatic hydroxyl groups is 2. The summed E-state index contributed by atoms with van der Waals surface area (Å²) in [6, 6.07) is 0. The monoisotopic (exact) mass is 356 g/mol. The minimum atomic E-state index is -2.29. The molecule has 12 heteroatoms. The van der Waals surface area contributed by atoms with Crippen LogP contribution in [0.2, 0.25) is 0 Å². The summed E-state index contributed by atoms with van der Waals surface area (Å²) in [4.78, 5) is 30.2. The molecule has 2 aromatic heterocycles. The molecule has 136 valence electrons. The van der Waals surface area contributed by atoms with E-state index in [9.17, 15) is 19.1 Å². The molecule has 0 spiro atoms. The first-order chi connectivity index (χ1) is 11.8. The molecule has 1 amide bonds. The first-order valence-corrected chi connectivity index (χ1v) is 7.54. The van der Waals surface area contributed by atoms with Crippen LogP contribution in [0.5, 0.6) is 0 Å². The normalized spacial score (nSPS) is 26.5. The molecule has 1 aliphatic rings. The number of aromatic amines is 1. The maximum atomic E-state index is 14.4. The number of ether oxygens (including phenoxy) is 1. The SMILES string of the molecule is CC(C)C(=O)Nc1nc2c(nnn2[C@]2(O)CO[C@H](CO)[C@H]2F)c(=O)[nH]1. The van der Waals surface area contributed by atoms with Crippen LogP contribution in [0.3, 0.4) is 0 Å². The van der Waals surface area contributed by atoms with E-state index in [1.54, 1.807) is 13.8 Å². The van der Waals surface area contributed by atoms with Gasteiger partial charge in [-0.1, -0.05) is 19.1 Å². The number of amides is 1. The van der Waals surface area contributed by atoms with Gasteiger partial charge in [-0.05, 0) is 0 Å². The van der Waals surface area contributed by atoms with E-state index in [0.717, 1.165) is 4.68 Å². The van der Waals surface area contributed by atoms with E-state index in [4.69, 9.17) is 9.84 Å². The van der Waals surface area contributed by atoms with Crippen molar-refractivity contribution < 1.29 is 24.1 Å². The molecule has 0 aromatic carbocycles. The van der Waals surface area contributed by atoms with Crippen LogP contribution in [0, 0.1) is 5.92 Å². The van der Waals surface area contributed by atoms with Gasteiger partial charge in [-0.25, -0.2) is 4.39 Å². The minimum absolute atomic E-state index is 0.184. The van der Waals surface area contributed by atoms with Crippen molar-refractivity contribution >= 4 is 23.0 Å². The average Bonchev–Trinajstić information content (AvgIpc) is 3.11. The summed E-state index contributed by atoms with van der Waals surface area (Å²) >= 11 is 0. The number of carbonyl (C=O) groups excluding carboxylic acids is 1. The Morgan fingerprint density at radius 1 is 1.60 bits per heavy atom. The van der Waals surface area contributed by atoms with E-state index < -0.39 is 42.7 Å². The second-order valence-electron chi connectivity index (χ2n) is 6.04. The van der Waals surface area contributed by atoms with E-state index >= 15 is 0 Å². The predicted octanol–water partition coefficient (Wildman–Crippen LogP) is -1.52. The summed E-state index contributed by atoms with van der Waals surface area (Å²) in [5, 5.41) is 29.3. The second kappa shape index (κ2) is 6.13. The Labute approximate surface area is 139 Å². The van der Waals surface area contributed by atoms with Gasteiger partial charge in [0.1, 0.15) is 12.7 Å². The minimum Gasteiger partial charge on any atom is -0.394 e. The molecular formula is C13H17FN6O5. The van der Waals surface area contributed by atoms with Crippen molar-refractivity contribution in [2.75, 3.05) is 18.5 Å². The number of rotatable bonds is 4. The third kappa shape index (κ3) is 2.77. The van der Waals surface area contributed by atoms with Crippen LogP contribution < -0.4 is 10.9 Å². The zero-order valence-electron chi connectivity index (χ0n) is 13.4. The number of carbonyl (C=O) groups is 1. The van der Waals surface area contributed by atoms with E-state index in [2.05, 4.69) is 25.6 Å². The number of H-pyrrole nitrogens is 1. The van der Waals surface area contributed by atoms with Gasteiger partial charge in [-0.2, -0.15) is 9.67 Å². The van der Waals surface area contributed by atoms with Crippen molar-refractivity contribution in [2.24, 2.45) is 5.92 Å². The van der Waals surface area contributed by atoms with Crippen LogP contribution in [-0.2, 0) is 15.3 Å². The summed E-state index contributed by atoms with van der Waals surface area (Å²) in [5.41, 5.74) is -3.47. The molecule has 0 unspecified atom stereocenters. The summed E-state index contributed by atoms with van der Waals surface area (Å²) < 4.78 is 20.2. The van der Waals surface area contributed by atoms with Crippen molar-refractivity contribution in [1.82, 2.24) is 25.0 Å². The molecule has 3 rings (SSSR count). The molecule has 1 fully saturated rings. The first-order valence-electron chi connectivity index (χ1n) is 7.54. The van der Waals surface area contributed by atoms with Gasteiger partial charge in [0.05, 0.1) is 6.61 Å². The van der Waals surface area contributed by atoms with Crippen LogP contribution in [0.15, 0.2) is 4.79 Å². The van der Waals surface area contributed by atoms with E-state index in [1.807, 2.05) is 0 Å². The molecule has 0 radical (unpaired) electrons. The number of alkyl halides is 1. The van der Waals surface area contributed by atoms with Gasteiger partial charge in [0.2, 0.25) is 17.6 Å². The quantitative estimate of drug-likeness (QED) is 0.515. The lowest BCUT2D eigenvalue weighted by Crippen LogP contribution is -2.45. The fourth-order valence-corrected chi connectivity index (χ4v) is 2.42. The molecule has 0 saturated carbocycles. The second-order valence-corrected chi connectivity index (χ2v) is 6.04. The number of halogens is 1. The number of fused-ring (bicyclic) bond motifs is 1. The van der Waals surface area contributed by atoms with Gasteiger partial charge in [-0.15, -0.1) is 5.10 Å². The largest absolute Gasteiger partial charge is 0.394 e. The number of aliphatic hydroxyl groups excluding tert-OH is 1. The Hall–Kier alpha value is -2.44. The molecule has 25 heavy (non-hydrogen) atoms. The summed E-state index contributed by atoms with van der Waals surface area (Å²) in [5.74, 6) is -0.943. The lowest BCUT2D eigenvalue weighted by Gasteiger charge is -2.24. The van der Waals surface area contributed by atoms with Crippen molar-refractivity contribution in [2.45, 2.75) is 31.8 Å². The van der Waals surface area contributed by atoms with Crippen molar-refractivity contribution in [3.05, 3.63) is 10.4 Å². The van der Waals surface area contributed by atoms with Crippen LogP contribution in [0.25, 0.3) is 11.2 Å².